The molecule has 0 radical (unpaired) electrons. The Kier molecular flexibility index (Phi) is 7.44. The molecule has 0 saturated carbocycles. The molecule has 0 spiro atoms. The predicted octanol–water partition coefficient (Wildman–Crippen LogP) is -0.643. The Labute approximate surface area is 140 Å². The van der Waals surface area contributed by atoms with Gasteiger partial charge >= 0.3 is 5.97 Å². The number of halogens is 1. The number of nitrogens with zero attached hydrogens (tertiary/aromatic N) is 1. The van der Waals surface area contributed by atoms with Crippen LogP contribution in [0.4, 0.5) is 0 Å². The van der Waals surface area contributed by atoms with Gasteiger partial charge in [0.25, 0.3) is 5.91 Å². The number of imide groups is 1. The average molecular weight is 348 g/mol. The zero-order chi connectivity index (χ0) is 16.1. The molecule has 2 aliphatic rings. The van der Waals surface area contributed by atoms with Crippen LogP contribution in [0.3, 0.4) is 0 Å². The number of nitrogens with one attached hydrogen (secondary N) is 2. The fourth-order valence-electron chi connectivity index (χ4n) is 2.65. The molecule has 0 aromatic heterocycles. The molecule has 2 heterocycles. The summed E-state index contributed by atoms with van der Waals surface area (Å²) in [5.74, 6) is -1.83. The molecule has 2 aliphatic heterocycles. The van der Waals surface area contributed by atoms with Crippen LogP contribution in [0.5, 0.6) is 0 Å². The molecule has 2 rings (SSSR count). The fraction of sp³-hybridized carbons (Fsp3) is 0.714. The van der Waals surface area contributed by atoms with Crippen molar-refractivity contribution in [2.24, 2.45) is 0 Å². The van der Waals surface area contributed by atoms with Crippen molar-refractivity contribution in [3.63, 3.8) is 0 Å². The van der Waals surface area contributed by atoms with E-state index < -0.39 is 30.4 Å². The van der Waals surface area contributed by atoms with Gasteiger partial charge in [0.1, 0.15) is 12.6 Å². The van der Waals surface area contributed by atoms with Crippen molar-refractivity contribution in [2.75, 3.05) is 19.7 Å². The Hall–Kier alpha value is -1.67. The van der Waals surface area contributed by atoms with Crippen molar-refractivity contribution >= 4 is 36.1 Å². The summed E-state index contributed by atoms with van der Waals surface area (Å²) in [5.41, 5.74) is 0. The van der Waals surface area contributed by atoms with Crippen molar-refractivity contribution in [3.8, 4) is 0 Å². The maximum atomic E-state index is 12.3. The summed E-state index contributed by atoms with van der Waals surface area (Å²) < 4.78 is 4.76. The molecule has 9 heteroatoms. The first kappa shape index (κ1) is 19.4. The monoisotopic (exact) mass is 347 g/mol. The Bertz CT molecular complexity index is 479. The minimum Gasteiger partial charge on any atom is -0.465 e. The van der Waals surface area contributed by atoms with Crippen LogP contribution in [0.1, 0.15) is 32.6 Å². The van der Waals surface area contributed by atoms with E-state index in [1.807, 2.05) is 0 Å². The molecule has 2 atom stereocenters. The van der Waals surface area contributed by atoms with Gasteiger partial charge in [-0.25, -0.2) is 0 Å². The van der Waals surface area contributed by atoms with Crippen molar-refractivity contribution in [2.45, 2.75) is 44.7 Å². The first-order valence-electron chi connectivity index (χ1n) is 7.56. The van der Waals surface area contributed by atoms with Crippen molar-refractivity contribution in [1.82, 2.24) is 15.5 Å². The van der Waals surface area contributed by atoms with Gasteiger partial charge in [-0.15, -0.1) is 12.4 Å². The van der Waals surface area contributed by atoms with E-state index in [1.54, 1.807) is 6.92 Å². The molecule has 0 aromatic carbocycles. The Morgan fingerprint density at radius 1 is 1.35 bits per heavy atom. The molecular weight excluding hydrogens is 326 g/mol. The van der Waals surface area contributed by atoms with E-state index >= 15 is 0 Å². The van der Waals surface area contributed by atoms with E-state index in [1.165, 1.54) is 0 Å². The fourth-order valence-corrected chi connectivity index (χ4v) is 2.65. The number of piperidine rings is 1. The summed E-state index contributed by atoms with van der Waals surface area (Å²) in [6, 6.07) is -1.05. The second-order valence-electron chi connectivity index (χ2n) is 5.37. The van der Waals surface area contributed by atoms with E-state index in [4.69, 9.17) is 4.74 Å². The molecule has 23 heavy (non-hydrogen) atoms. The minimum absolute atomic E-state index is 0. The maximum Gasteiger partial charge on any atom is 0.326 e. The molecule has 3 amide bonds. The van der Waals surface area contributed by atoms with E-state index in [2.05, 4.69) is 10.6 Å². The van der Waals surface area contributed by atoms with Gasteiger partial charge in [-0.2, -0.15) is 0 Å². The zero-order valence-electron chi connectivity index (χ0n) is 13.0. The molecule has 0 unspecified atom stereocenters. The molecule has 2 fully saturated rings. The average Bonchev–Trinajstić information content (AvgIpc) is 3.01. The van der Waals surface area contributed by atoms with Crippen LogP contribution in [0.15, 0.2) is 0 Å². The second-order valence-corrected chi connectivity index (χ2v) is 5.37. The molecule has 8 nitrogen and oxygen atoms in total. The molecule has 130 valence electrons. The van der Waals surface area contributed by atoms with Crippen molar-refractivity contribution in [3.05, 3.63) is 0 Å². The Morgan fingerprint density at radius 2 is 2.09 bits per heavy atom. The quantitative estimate of drug-likeness (QED) is 0.506. The summed E-state index contributed by atoms with van der Waals surface area (Å²) in [4.78, 5) is 48.5. The largest absolute Gasteiger partial charge is 0.465 e. The predicted molar refractivity (Wildman–Crippen MR) is 82.8 cm³/mol. The van der Waals surface area contributed by atoms with Gasteiger partial charge in [0.2, 0.25) is 11.8 Å². The summed E-state index contributed by atoms with van der Waals surface area (Å²) in [5, 5.41) is 5.72. The molecule has 0 aliphatic carbocycles. The lowest BCUT2D eigenvalue weighted by Crippen LogP contribution is -2.57. The van der Waals surface area contributed by atoms with Crippen LogP contribution in [-0.2, 0) is 23.9 Å². The summed E-state index contributed by atoms with van der Waals surface area (Å²) >= 11 is 0. The van der Waals surface area contributed by atoms with Crippen LogP contribution in [0.25, 0.3) is 0 Å². The number of carbonyl (C=O) groups excluding carboxylic acids is 4. The number of hydrogen-bond acceptors (Lipinski definition) is 6. The van der Waals surface area contributed by atoms with Crippen LogP contribution in [0, 0.1) is 0 Å². The maximum absolute atomic E-state index is 12.3. The highest BCUT2D eigenvalue weighted by Gasteiger charge is 2.37. The molecular formula is C14H22ClN3O5. The number of carbonyl (C=O) groups is 4. The van der Waals surface area contributed by atoms with Gasteiger partial charge < -0.3 is 15.4 Å². The summed E-state index contributed by atoms with van der Waals surface area (Å²) in [6.45, 7) is 2.21. The van der Waals surface area contributed by atoms with E-state index in [-0.39, 0.29) is 43.8 Å². The molecule has 0 aromatic rings. The van der Waals surface area contributed by atoms with Crippen LogP contribution in [-0.4, -0.2) is 60.4 Å². The van der Waals surface area contributed by atoms with Gasteiger partial charge in [-0.05, 0) is 32.7 Å². The van der Waals surface area contributed by atoms with Gasteiger partial charge in [-0.3, -0.25) is 24.1 Å². The third-order valence-corrected chi connectivity index (χ3v) is 3.80. The lowest BCUT2D eigenvalue weighted by atomic mass is 10.0. The van der Waals surface area contributed by atoms with Gasteiger partial charge in [0.05, 0.1) is 12.6 Å². The second kappa shape index (κ2) is 8.83. The summed E-state index contributed by atoms with van der Waals surface area (Å²) in [7, 11) is 0. The van der Waals surface area contributed by atoms with E-state index in [0.29, 0.717) is 0 Å². The third kappa shape index (κ3) is 4.90. The Morgan fingerprint density at radius 3 is 2.70 bits per heavy atom. The highest BCUT2D eigenvalue weighted by atomic mass is 35.5. The highest BCUT2D eigenvalue weighted by molar-refractivity contribution is 6.04. The van der Waals surface area contributed by atoms with Crippen molar-refractivity contribution in [1.29, 1.82) is 0 Å². The smallest absolute Gasteiger partial charge is 0.326 e. The van der Waals surface area contributed by atoms with Gasteiger partial charge in [0.15, 0.2) is 0 Å². The highest BCUT2D eigenvalue weighted by Crippen LogP contribution is 2.14. The number of rotatable bonds is 5. The lowest BCUT2D eigenvalue weighted by Gasteiger charge is -2.30. The van der Waals surface area contributed by atoms with E-state index in [9.17, 15) is 19.2 Å². The topological polar surface area (TPSA) is 105 Å². The number of ether oxygens (including phenoxy) is 1. The normalized spacial score (nSPS) is 24.1. The number of esters is 1. The first-order chi connectivity index (χ1) is 10.5. The Balaban J connectivity index is 0.00000264. The SMILES string of the molecule is CCOC(=O)CN1C(=O)CC[C@H](NC(=O)[C@@H]2CCCN2)C1=O.Cl. The van der Waals surface area contributed by atoms with Gasteiger partial charge in [-0.1, -0.05) is 0 Å². The summed E-state index contributed by atoms with van der Waals surface area (Å²) in [6.07, 6.45) is 2.03. The van der Waals surface area contributed by atoms with Crippen LogP contribution < -0.4 is 10.6 Å². The van der Waals surface area contributed by atoms with Gasteiger partial charge in [0, 0.05) is 6.42 Å². The van der Waals surface area contributed by atoms with Crippen LogP contribution in [0.2, 0.25) is 0 Å². The first-order valence-corrected chi connectivity index (χ1v) is 7.56. The number of amides is 3. The third-order valence-electron chi connectivity index (χ3n) is 3.80. The number of likely N-dealkylation sites (tertiary alicyclic amines) is 1. The van der Waals surface area contributed by atoms with Crippen LogP contribution >= 0.6 is 12.4 Å². The zero-order valence-corrected chi connectivity index (χ0v) is 13.8. The molecule has 2 saturated heterocycles. The standard InChI is InChI=1S/C14H21N3O5.ClH/c1-2-22-12(19)8-17-11(18)6-5-10(14(17)21)16-13(20)9-4-3-7-15-9;/h9-10,15H,2-8H2,1H3,(H,16,20);1H/t9-,10-;/m0./s1. The van der Waals surface area contributed by atoms with Crippen molar-refractivity contribution < 1.29 is 23.9 Å². The number of hydrogen-bond donors (Lipinski definition) is 2. The van der Waals surface area contributed by atoms with E-state index in [0.717, 1.165) is 24.3 Å². The molecule has 0 bridgehead atoms. The molecule has 2 N–H and O–H groups in total. The minimum atomic E-state index is -0.762. The lowest BCUT2D eigenvalue weighted by molar-refractivity contribution is -0.158.